The predicted molar refractivity (Wildman–Crippen MR) is 133 cm³/mol. The van der Waals surface area contributed by atoms with Gasteiger partial charge in [-0.15, -0.1) is 0 Å². The van der Waals surface area contributed by atoms with Gasteiger partial charge in [0.25, 0.3) is 5.91 Å². The van der Waals surface area contributed by atoms with Crippen molar-refractivity contribution < 1.29 is 19.1 Å². The van der Waals surface area contributed by atoms with E-state index in [1.54, 1.807) is 24.1 Å². The second kappa shape index (κ2) is 12.4. The van der Waals surface area contributed by atoms with Crippen molar-refractivity contribution in [3.8, 4) is 11.5 Å². The number of nitrogens with one attached hydrogen (secondary N) is 1. The van der Waals surface area contributed by atoms with Crippen LogP contribution < -0.4 is 14.8 Å². The first-order valence-electron chi connectivity index (χ1n) is 11.4. The Labute approximate surface area is 201 Å². The molecule has 1 unspecified atom stereocenters. The number of carbonyl (C=O) groups is 2. The summed E-state index contributed by atoms with van der Waals surface area (Å²) < 4.78 is 11.1. The van der Waals surface area contributed by atoms with E-state index in [0.717, 1.165) is 16.7 Å². The van der Waals surface area contributed by atoms with Crippen molar-refractivity contribution in [1.29, 1.82) is 0 Å². The highest BCUT2D eigenvalue weighted by Gasteiger charge is 2.30. The third-order valence-corrected chi connectivity index (χ3v) is 5.52. The van der Waals surface area contributed by atoms with E-state index in [4.69, 9.17) is 9.47 Å². The van der Waals surface area contributed by atoms with Crippen molar-refractivity contribution in [2.45, 2.75) is 32.9 Å². The van der Waals surface area contributed by atoms with Gasteiger partial charge >= 0.3 is 0 Å². The van der Waals surface area contributed by atoms with Gasteiger partial charge in [-0.3, -0.25) is 9.59 Å². The van der Waals surface area contributed by atoms with Gasteiger partial charge in [-0.05, 0) is 37.1 Å². The fourth-order valence-electron chi connectivity index (χ4n) is 3.70. The number of hydrogen-bond donors (Lipinski definition) is 1. The zero-order chi connectivity index (χ0) is 24.3. The first-order valence-corrected chi connectivity index (χ1v) is 11.4. The molecule has 6 nitrogen and oxygen atoms in total. The minimum Gasteiger partial charge on any atom is -0.493 e. The third kappa shape index (κ3) is 6.85. The summed E-state index contributed by atoms with van der Waals surface area (Å²) >= 11 is 0. The van der Waals surface area contributed by atoms with E-state index < -0.39 is 6.04 Å². The molecule has 34 heavy (non-hydrogen) atoms. The topological polar surface area (TPSA) is 67.9 Å². The molecule has 1 atom stereocenters. The Morgan fingerprint density at radius 1 is 0.882 bits per heavy atom. The van der Waals surface area contributed by atoms with Crippen LogP contribution in [0, 0.1) is 6.92 Å². The van der Waals surface area contributed by atoms with Crippen molar-refractivity contribution in [2.24, 2.45) is 0 Å². The summed E-state index contributed by atoms with van der Waals surface area (Å²) in [6, 6.07) is 24.2. The monoisotopic (exact) mass is 460 g/mol. The number of methoxy groups -OCH3 is 1. The van der Waals surface area contributed by atoms with Crippen LogP contribution in [0.4, 0.5) is 0 Å². The standard InChI is InChI=1S/C28H32N2O4/c1-4-29-28(32)24(18-22-10-6-5-7-11-22)30(19-23-16-14-21(2)15-17-23)27(31)20-34-26-13-9-8-12-25(26)33-3/h5-17,24H,4,18-20H2,1-3H3,(H,29,32). The normalized spacial score (nSPS) is 11.4. The lowest BCUT2D eigenvalue weighted by Crippen LogP contribution is -2.51. The van der Waals surface area contributed by atoms with Gasteiger partial charge in [0.05, 0.1) is 7.11 Å². The van der Waals surface area contributed by atoms with Crippen LogP contribution in [0.1, 0.15) is 23.6 Å². The van der Waals surface area contributed by atoms with Crippen LogP contribution in [0.3, 0.4) is 0 Å². The van der Waals surface area contributed by atoms with E-state index in [0.29, 0.717) is 31.0 Å². The van der Waals surface area contributed by atoms with E-state index in [-0.39, 0.29) is 18.4 Å². The molecule has 3 aromatic carbocycles. The molecule has 0 saturated heterocycles. The molecular weight excluding hydrogens is 428 g/mol. The maximum absolute atomic E-state index is 13.5. The molecule has 0 aliphatic heterocycles. The number of hydrogen-bond acceptors (Lipinski definition) is 4. The fraction of sp³-hybridized carbons (Fsp3) is 0.286. The molecule has 0 heterocycles. The Bertz CT molecular complexity index is 1070. The van der Waals surface area contributed by atoms with Crippen molar-refractivity contribution in [3.05, 3.63) is 95.6 Å². The molecule has 0 aliphatic rings. The zero-order valence-corrected chi connectivity index (χ0v) is 20.0. The summed E-state index contributed by atoms with van der Waals surface area (Å²) in [7, 11) is 1.55. The average molecular weight is 461 g/mol. The molecule has 1 N–H and O–H groups in total. The highest BCUT2D eigenvalue weighted by molar-refractivity contribution is 5.88. The molecule has 0 saturated carbocycles. The van der Waals surface area contributed by atoms with Crippen LogP contribution in [0.5, 0.6) is 11.5 Å². The highest BCUT2D eigenvalue weighted by Crippen LogP contribution is 2.26. The largest absolute Gasteiger partial charge is 0.493 e. The van der Waals surface area contributed by atoms with Gasteiger partial charge in [0, 0.05) is 19.5 Å². The van der Waals surface area contributed by atoms with Crippen molar-refractivity contribution >= 4 is 11.8 Å². The van der Waals surface area contributed by atoms with E-state index in [9.17, 15) is 9.59 Å². The number of likely N-dealkylation sites (N-methyl/N-ethyl adjacent to an activating group) is 1. The minimum absolute atomic E-state index is 0.191. The highest BCUT2D eigenvalue weighted by atomic mass is 16.5. The van der Waals surface area contributed by atoms with E-state index >= 15 is 0 Å². The van der Waals surface area contributed by atoms with E-state index in [2.05, 4.69) is 5.32 Å². The minimum atomic E-state index is -0.683. The number of ether oxygens (including phenoxy) is 2. The summed E-state index contributed by atoms with van der Waals surface area (Å²) in [5, 5.41) is 2.89. The molecule has 0 spiro atoms. The quantitative estimate of drug-likeness (QED) is 0.467. The summed E-state index contributed by atoms with van der Waals surface area (Å²) in [6.45, 7) is 4.45. The average Bonchev–Trinajstić information content (AvgIpc) is 2.86. The van der Waals surface area contributed by atoms with Crippen LogP contribution in [0.15, 0.2) is 78.9 Å². The summed E-state index contributed by atoms with van der Waals surface area (Å²) in [5.41, 5.74) is 3.05. The lowest BCUT2D eigenvalue weighted by atomic mass is 10.0. The van der Waals surface area contributed by atoms with E-state index in [1.165, 1.54) is 0 Å². The number of nitrogens with zero attached hydrogens (tertiary/aromatic N) is 1. The Hall–Kier alpha value is -3.80. The molecule has 0 aliphatic carbocycles. The predicted octanol–water partition coefficient (Wildman–Crippen LogP) is 4.16. The van der Waals surface area contributed by atoms with Gasteiger partial charge in [0.2, 0.25) is 5.91 Å². The molecule has 3 rings (SSSR count). The second-order valence-electron chi connectivity index (χ2n) is 8.05. The van der Waals surface area contributed by atoms with Crippen LogP contribution in [0.2, 0.25) is 0 Å². The molecule has 0 fully saturated rings. The Kier molecular flexibility index (Phi) is 9.09. The number of para-hydroxylation sites is 2. The number of aryl methyl sites for hydroxylation is 1. The molecular formula is C28H32N2O4. The van der Waals surface area contributed by atoms with E-state index in [1.807, 2.05) is 80.6 Å². The molecule has 178 valence electrons. The molecule has 0 bridgehead atoms. The number of rotatable bonds is 11. The maximum atomic E-state index is 13.5. The first kappa shape index (κ1) is 24.8. The first-order chi connectivity index (χ1) is 16.5. The van der Waals surface area contributed by atoms with Gasteiger partial charge in [-0.25, -0.2) is 0 Å². The molecule has 3 aromatic rings. The zero-order valence-electron chi connectivity index (χ0n) is 20.0. The number of amides is 2. The number of carbonyl (C=O) groups excluding carboxylic acids is 2. The van der Waals surface area contributed by atoms with Gasteiger partial charge in [-0.1, -0.05) is 72.3 Å². The van der Waals surface area contributed by atoms with Gasteiger partial charge in [0.1, 0.15) is 6.04 Å². The Morgan fingerprint density at radius 3 is 2.18 bits per heavy atom. The fourth-order valence-corrected chi connectivity index (χ4v) is 3.70. The van der Waals surface area contributed by atoms with Crippen LogP contribution in [-0.2, 0) is 22.6 Å². The van der Waals surface area contributed by atoms with Crippen molar-refractivity contribution in [3.63, 3.8) is 0 Å². The summed E-state index contributed by atoms with van der Waals surface area (Å²) in [4.78, 5) is 28.3. The second-order valence-corrected chi connectivity index (χ2v) is 8.05. The lowest BCUT2D eigenvalue weighted by Gasteiger charge is -2.31. The van der Waals surface area contributed by atoms with Gasteiger partial charge in [-0.2, -0.15) is 0 Å². The van der Waals surface area contributed by atoms with Crippen LogP contribution in [0.25, 0.3) is 0 Å². The molecule has 0 aromatic heterocycles. The lowest BCUT2D eigenvalue weighted by molar-refractivity contribution is -0.142. The van der Waals surface area contributed by atoms with Gasteiger partial charge in [0.15, 0.2) is 18.1 Å². The smallest absolute Gasteiger partial charge is 0.261 e. The SMILES string of the molecule is CCNC(=O)C(Cc1ccccc1)N(Cc1ccc(C)cc1)C(=O)COc1ccccc1OC. The Morgan fingerprint density at radius 2 is 1.53 bits per heavy atom. The summed E-state index contributed by atoms with van der Waals surface area (Å²) in [5.74, 6) is 0.555. The molecule has 0 radical (unpaired) electrons. The molecule has 6 heteroatoms. The van der Waals surface area contributed by atoms with Gasteiger partial charge < -0.3 is 19.7 Å². The Balaban J connectivity index is 1.89. The van der Waals surface area contributed by atoms with Crippen LogP contribution in [-0.4, -0.2) is 43.0 Å². The van der Waals surface area contributed by atoms with Crippen molar-refractivity contribution in [2.75, 3.05) is 20.3 Å². The maximum Gasteiger partial charge on any atom is 0.261 e. The number of benzene rings is 3. The molecule has 2 amide bonds. The van der Waals surface area contributed by atoms with Crippen LogP contribution >= 0.6 is 0 Å². The van der Waals surface area contributed by atoms with Crippen molar-refractivity contribution in [1.82, 2.24) is 10.2 Å². The third-order valence-electron chi connectivity index (χ3n) is 5.52. The summed E-state index contributed by atoms with van der Waals surface area (Å²) in [6.07, 6.45) is 0.402.